The van der Waals surface area contributed by atoms with Crippen molar-refractivity contribution in [1.82, 2.24) is 0 Å². The Labute approximate surface area is 314 Å². The number of hydrogen-bond acceptors (Lipinski definition) is 0. The molecule has 0 unspecified atom stereocenters. The third-order valence-corrected chi connectivity index (χ3v) is 11.4. The summed E-state index contributed by atoms with van der Waals surface area (Å²) in [6, 6.07) is 76.2. The summed E-state index contributed by atoms with van der Waals surface area (Å²) < 4.78 is 0. The minimum atomic E-state index is 1.23. The van der Waals surface area contributed by atoms with Crippen molar-refractivity contribution in [3.63, 3.8) is 0 Å². The van der Waals surface area contributed by atoms with Crippen molar-refractivity contribution in [2.75, 3.05) is 0 Å². The lowest BCUT2D eigenvalue weighted by molar-refractivity contribution is 1.64. The lowest BCUT2D eigenvalue weighted by Crippen LogP contribution is -1.91. The Morgan fingerprint density at radius 2 is 0.630 bits per heavy atom. The molecule has 0 amide bonds. The molecule has 0 heteroatoms. The molecule has 0 atom stereocenters. The Kier molecular flexibility index (Phi) is 6.97. The van der Waals surface area contributed by atoms with Gasteiger partial charge in [-0.25, -0.2) is 0 Å². The highest BCUT2D eigenvalue weighted by atomic mass is 14.2. The van der Waals surface area contributed by atoms with Crippen molar-refractivity contribution in [3.05, 3.63) is 206 Å². The Bertz CT molecular complexity index is 3240. The van der Waals surface area contributed by atoms with Gasteiger partial charge in [-0.3, -0.25) is 0 Å². The van der Waals surface area contributed by atoms with Gasteiger partial charge in [0.05, 0.1) is 0 Å². The first-order chi connectivity index (χ1) is 26.7. The summed E-state index contributed by atoms with van der Waals surface area (Å²) in [4.78, 5) is 0. The summed E-state index contributed by atoms with van der Waals surface area (Å²) >= 11 is 0. The Hall–Kier alpha value is -7.02. The molecule has 0 nitrogen and oxygen atoms in total. The number of rotatable bonds is 4. The van der Waals surface area contributed by atoms with Gasteiger partial charge in [0.1, 0.15) is 0 Å². The van der Waals surface area contributed by atoms with E-state index in [1.165, 1.54) is 109 Å². The molecule has 0 aromatic heterocycles. The summed E-state index contributed by atoms with van der Waals surface area (Å²) in [5, 5.41) is 15.2. The SMILES string of the molecule is c1ccc(-c2ccc3cc(-c4cc5cc(-c6ccc7cc(-c8ccccc8)ccc7c6)c6c7ccccc7ccc6c5c5ccccc45)ccc3c2)cc1. The van der Waals surface area contributed by atoms with E-state index in [0.29, 0.717) is 0 Å². The second-order valence-electron chi connectivity index (χ2n) is 14.5. The Morgan fingerprint density at radius 3 is 1.24 bits per heavy atom. The average Bonchev–Trinajstić information content (AvgIpc) is 3.25. The van der Waals surface area contributed by atoms with Crippen molar-refractivity contribution in [3.8, 4) is 44.5 Å². The van der Waals surface area contributed by atoms with Crippen LogP contribution in [0, 0.1) is 0 Å². The summed E-state index contributed by atoms with van der Waals surface area (Å²) in [5.74, 6) is 0. The van der Waals surface area contributed by atoms with Crippen LogP contribution >= 0.6 is 0 Å². The van der Waals surface area contributed by atoms with E-state index >= 15 is 0 Å². The molecular formula is C54H34. The van der Waals surface area contributed by atoms with Crippen LogP contribution in [-0.4, -0.2) is 0 Å². The largest absolute Gasteiger partial charge is 0.0622 e. The normalized spacial score (nSPS) is 11.7. The van der Waals surface area contributed by atoms with Gasteiger partial charge in [-0.15, -0.1) is 0 Å². The average molecular weight is 683 g/mol. The van der Waals surface area contributed by atoms with Gasteiger partial charge in [0.2, 0.25) is 0 Å². The first-order valence-electron chi connectivity index (χ1n) is 18.7. The Morgan fingerprint density at radius 1 is 0.185 bits per heavy atom. The van der Waals surface area contributed by atoms with Crippen molar-refractivity contribution < 1.29 is 0 Å². The zero-order valence-corrected chi connectivity index (χ0v) is 29.6. The van der Waals surface area contributed by atoms with E-state index in [9.17, 15) is 0 Å². The molecule has 0 saturated heterocycles. The highest BCUT2D eigenvalue weighted by molar-refractivity contribution is 6.30. The van der Waals surface area contributed by atoms with Crippen molar-refractivity contribution in [2.24, 2.45) is 0 Å². The third kappa shape index (κ3) is 4.99. The van der Waals surface area contributed by atoms with Crippen LogP contribution in [-0.2, 0) is 0 Å². The third-order valence-electron chi connectivity index (χ3n) is 11.4. The molecule has 250 valence electrons. The summed E-state index contributed by atoms with van der Waals surface area (Å²) in [5.41, 5.74) is 9.93. The lowest BCUT2D eigenvalue weighted by Gasteiger charge is -2.18. The molecule has 0 aliphatic carbocycles. The lowest BCUT2D eigenvalue weighted by atomic mass is 9.85. The molecule has 11 aromatic carbocycles. The maximum atomic E-state index is 2.45. The van der Waals surface area contributed by atoms with E-state index in [-0.39, 0.29) is 0 Å². The van der Waals surface area contributed by atoms with Crippen molar-refractivity contribution in [1.29, 1.82) is 0 Å². The van der Waals surface area contributed by atoms with Crippen LogP contribution in [0.25, 0.3) is 109 Å². The highest BCUT2D eigenvalue weighted by Crippen LogP contribution is 2.45. The summed E-state index contributed by atoms with van der Waals surface area (Å²) in [6.07, 6.45) is 0. The van der Waals surface area contributed by atoms with Crippen LogP contribution in [0.3, 0.4) is 0 Å². The second-order valence-corrected chi connectivity index (χ2v) is 14.5. The van der Waals surface area contributed by atoms with E-state index in [4.69, 9.17) is 0 Å². The molecule has 0 heterocycles. The van der Waals surface area contributed by atoms with Gasteiger partial charge < -0.3 is 0 Å². The minimum absolute atomic E-state index is 1.23. The molecule has 0 aliphatic heterocycles. The van der Waals surface area contributed by atoms with Crippen LogP contribution < -0.4 is 0 Å². The van der Waals surface area contributed by atoms with Crippen molar-refractivity contribution >= 4 is 64.6 Å². The fourth-order valence-corrected chi connectivity index (χ4v) is 8.72. The van der Waals surface area contributed by atoms with Crippen LogP contribution in [0.4, 0.5) is 0 Å². The topological polar surface area (TPSA) is 0 Å². The van der Waals surface area contributed by atoms with E-state index < -0.39 is 0 Å². The predicted molar refractivity (Wildman–Crippen MR) is 233 cm³/mol. The molecule has 54 heavy (non-hydrogen) atoms. The van der Waals surface area contributed by atoms with Gasteiger partial charge in [-0.05, 0) is 146 Å². The van der Waals surface area contributed by atoms with E-state index in [0.717, 1.165) is 0 Å². The van der Waals surface area contributed by atoms with E-state index in [1.807, 2.05) is 0 Å². The first-order valence-corrected chi connectivity index (χ1v) is 18.7. The standard InChI is InChI=1S/C54H34/c1-3-11-35(12-4-1)38-19-21-42-31-44(25-23-40(42)29-38)51-33-46-34-52(45-26-24-41-30-39(20-22-43(41)32-45)36-13-5-2-6-14-36)54-47-16-8-7-15-37(47)27-28-50(54)53(46)49-18-10-9-17-48(49)51/h1-34H. The maximum absolute atomic E-state index is 2.45. The second kappa shape index (κ2) is 12.3. The predicted octanol–water partition coefficient (Wildman–Crippen LogP) is 15.3. The molecule has 11 rings (SSSR count). The zero-order valence-electron chi connectivity index (χ0n) is 29.6. The first kappa shape index (κ1) is 30.6. The van der Waals surface area contributed by atoms with E-state index in [2.05, 4.69) is 206 Å². The molecule has 0 saturated carbocycles. The van der Waals surface area contributed by atoms with E-state index in [1.54, 1.807) is 0 Å². The smallest absolute Gasteiger partial charge is 0.00201 e. The molecular weight excluding hydrogens is 649 g/mol. The minimum Gasteiger partial charge on any atom is -0.0622 e. The van der Waals surface area contributed by atoms with Crippen molar-refractivity contribution in [2.45, 2.75) is 0 Å². The summed E-state index contributed by atoms with van der Waals surface area (Å²) in [6.45, 7) is 0. The number of benzene rings is 11. The van der Waals surface area contributed by atoms with Gasteiger partial charge in [-0.1, -0.05) is 170 Å². The number of hydrogen-bond donors (Lipinski definition) is 0. The van der Waals surface area contributed by atoms with Crippen LogP contribution in [0.1, 0.15) is 0 Å². The quantitative estimate of drug-likeness (QED) is 0.162. The fourth-order valence-electron chi connectivity index (χ4n) is 8.72. The van der Waals surface area contributed by atoms with Gasteiger partial charge >= 0.3 is 0 Å². The maximum Gasteiger partial charge on any atom is -0.00201 e. The zero-order chi connectivity index (χ0) is 35.6. The van der Waals surface area contributed by atoms with Gasteiger partial charge in [-0.2, -0.15) is 0 Å². The monoisotopic (exact) mass is 682 g/mol. The van der Waals surface area contributed by atoms with Crippen LogP contribution in [0.15, 0.2) is 206 Å². The highest BCUT2D eigenvalue weighted by Gasteiger charge is 2.17. The molecule has 0 fully saturated rings. The molecule has 0 spiro atoms. The van der Waals surface area contributed by atoms with Crippen LogP contribution in [0.2, 0.25) is 0 Å². The fraction of sp³-hybridized carbons (Fsp3) is 0. The summed E-state index contributed by atoms with van der Waals surface area (Å²) in [7, 11) is 0. The molecule has 0 N–H and O–H groups in total. The number of fused-ring (bicyclic) bond motifs is 9. The van der Waals surface area contributed by atoms with Gasteiger partial charge in [0.15, 0.2) is 0 Å². The molecule has 0 radical (unpaired) electrons. The Balaban J connectivity index is 1.14. The molecule has 0 aliphatic rings. The van der Waals surface area contributed by atoms with Gasteiger partial charge in [0.25, 0.3) is 0 Å². The molecule has 11 aromatic rings. The van der Waals surface area contributed by atoms with Crippen LogP contribution in [0.5, 0.6) is 0 Å². The van der Waals surface area contributed by atoms with Gasteiger partial charge in [0, 0.05) is 0 Å². The molecule has 0 bridgehead atoms.